The number of hydrogen-bond donors (Lipinski definition) is 0. The second kappa shape index (κ2) is 5.33. The Labute approximate surface area is 112 Å². The number of benzene rings is 2. The predicted molar refractivity (Wildman–Crippen MR) is 79.3 cm³/mol. The molecule has 1 nitrogen and oxygen atoms in total. The van der Waals surface area contributed by atoms with Gasteiger partial charge in [0.05, 0.1) is 0 Å². The zero-order valence-electron chi connectivity index (χ0n) is 10.8. The highest BCUT2D eigenvalue weighted by Crippen LogP contribution is 2.30. The van der Waals surface area contributed by atoms with Crippen LogP contribution in [0, 0.1) is 0 Å². The van der Waals surface area contributed by atoms with Crippen molar-refractivity contribution in [1.82, 2.24) is 0 Å². The minimum Gasteiger partial charge on any atom is -0.373 e. The fourth-order valence-electron chi connectivity index (χ4n) is 2.68. The molecule has 3 rings (SSSR count). The van der Waals surface area contributed by atoms with Gasteiger partial charge in [0.25, 0.3) is 0 Å². The Balaban J connectivity index is 1.91. The molecule has 1 fully saturated rings. The molecule has 0 saturated carbocycles. The molecule has 0 bridgehead atoms. The summed E-state index contributed by atoms with van der Waals surface area (Å²) >= 11 is 0. The van der Waals surface area contributed by atoms with Crippen molar-refractivity contribution in [2.45, 2.75) is 24.3 Å². The first-order valence-electron chi connectivity index (χ1n) is 6.65. The minimum atomic E-state index is 0.378. The molecule has 1 heterocycles. The van der Waals surface area contributed by atoms with E-state index >= 15 is 0 Å². The van der Waals surface area contributed by atoms with Gasteiger partial charge in [-0.1, -0.05) is 30.3 Å². The summed E-state index contributed by atoms with van der Waals surface area (Å²) in [6.07, 6.45) is 1.71. The maximum absolute atomic E-state index is 5.77. The predicted octanol–water partition coefficient (Wildman–Crippen LogP) is 3.63. The zero-order valence-corrected chi connectivity index (χ0v) is 11.6. The maximum Gasteiger partial charge on any atom is 0.162 e. The molecule has 1 aliphatic rings. The lowest BCUT2D eigenvalue weighted by atomic mass is 10.1. The largest absolute Gasteiger partial charge is 0.373 e. The molecule has 18 heavy (non-hydrogen) atoms. The van der Waals surface area contributed by atoms with E-state index < -0.39 is 0 Å². The van der Waals surface area contributed by atoms with Crippen molar-refractivity contribution in [3.05, 3.63) is 42.5 Å². The first kappa shape index (κ1) is 12.1. The summed E-state index contributed by atoms with van der Waals surface area (Å²) in [6.45, 7) is 2.94. The summed E-state index contributed by atoms with van der Waals surface area (Å²) in [5, 5.41) is 2.79. The van der Waals surface area contributed by atoms with Crippen molar-refractivity contribution in [2.24, 2.45) is 0 Å². The van der Waals surface area contributed by atoms with E-state index in [1.165, 1.54) is 33.6 Å². The Kier molecular flexibility index (Phi) is 3.57. The summed E-state index contributed by atoms with van der Waals surface area (Å²) < 4.78 is 5.77. The Morgan fingerprint density at radius 1 is 1.17 bits per heavy atom. The van der Waals surface area contributed by atoms with Crippen molar-refractivity contribution in [1.29, 1.82) is 0 Å². The average molecular weight is 259 g/mol. The van der Waals surface area contributed by atoms with Crippen molar-refractivity contribution in [3.63, 3.8) is 0 Å². The van der Waals surface area contributed by atoms with E-state index in [0.29, 0.717) is 17.0 Å². The van der Waals surface area contributed by atoms with Gasteiger partial charge in [-0.3, -0.25) is 0 Å². The van der Waals surface area contributed by atoms with Gasteiger partial charge in [-0.2, -0.15) is 0 Å². The summed E-state index contributed by atoms with van der Waals surface area (Å²) in [4.78, 5) is 1.54. The van der Waals surface area contributed by atoms with Crippen LogP contribution in [0.15, 0.2) is 47.4 Å². The van der Waals surface area contributed by atoms with Crippen LogP contribution in [-0.4, -0.2) is 24.2 Å². The molecule has 0 radical (unpaired) electrons. The molecule has 0 aromatic heterocycles. The molecule has 2 aromatic carbocycles. The molecule has 2 aromatic rings. The molecule has 0 aliphatic carbocycles. The fourth-order valence-corrected chi connectivity index (χ4v) is 5.27. The van der Waals surface area contributed by atoms with Gasteiger partial charge in [0.15, 0.2) is 4.90 Å². The molecular weight excluding hydrogens is 240 g/mol. The monoisotopic (exact) mass is 259 g/mol. The van der Waals surface area contributed by atoms with Gasteiger partial charge >= 0.3 is 0 Å². The molecule has 1 saturated heterocycles. The van der Waals surface area contributed by atoms with E-state index in [0.717, 1.165) is 6.61 Å². The van der Waals surface area contributed by atoms with Crippen LogP contribution in [-0.2, 0) is 15.6 Å². The van der Waals surface area contributed by atoms with Gasteiger partial charge in [0.2, 0.25) is 0 Å². The molecule has 94 valence electrons. The number of rotatable bonds is 3. The summed E-state index contributed by atoms with van der Waals surface area (Å²) in [6, 6.07) is 15.4. The quantitative estimate of drug-likeness (QED) is 0.765. The van der Waals surface area contributed by atoms with Gasteiger partial charge in [-0.15, -0.1) is 0 Å². The smallest absolute Gasteiger partial charge is 0.162 e. The third kappa shape index (κ3) is 2.27. The van der Waals surface area contributed by atoms with Gasteiger partial charge < -0.3 is 4.74 Å². The third-order valence-electron chi connectivity index (χ3n) is 3.54. The Bertz CT molecular complexity index is 532. The van der Waals surface area contributed by atoms with E-state index in [1.807, 2.05) is 0 Å². The van der Waals surface area contributed by atoms with E-state index in [4.69, 9.17) is 4.74 Å². The lowest BCUT2D eigenvalue weighted by Crippen LogP contribution is -2.14. The first-order valence-corrected chi connectivity index (χ1v) is 8.21. The van der Waals surface area contributed by atoms with Gasteiger partial charge in [-0.05, 0) is 24.4 Å². The van der Waals surface area contributed by atoms with Gasteiger partial charge in [0.1, 0.15) is 17.6 Å². The van der Waals surface area contributed by atoms with Crippen molar-refractivity contribution in [3.8, 4) is 0 Å². The summed E-state index contributed by atoms with van der Waals surface area (Å²) in [5.74, 6) is 2.50. The zero-order chi connectivity index (χ0) is 12.4. The first-order chi connectivity index (χ1) is 8.88. The number of hydrogen-bond acceptors (Lipinski definition) is 1. The highest BCUT2D eigenvalue weighted by molar-refractivity contribution is 7.97. The standard InChI is InChI=1S/C16H19OS/c1-2-17-14-10-11-18(12-14)16-9-5-7-13-6-3-4-8-15(13)16/h3-9,14H,2,10-12H2,1H3/q+1. The van der Waals surface area contributed by atoms with Crippen molar-refractivity contribution in [2.75, 3.05) is 18.1 Å². The van der Waals surface area contributed by atoms with Crippen LogP contribution in [0.25, 0.3) is 10.8 Å². The van der Waals surface area contributed by atoms with Crippen LogP contribution in [0.2, 0.25) is 0 Å². The van der Waals surface area contributed by atoms with Crippen LogP contribution in [0.5, 0.6) is 0 Å². The van der Waals surface area contributed by atoms with Crippen LogP contribution in [0.4, 0.5) is 0 Å². The maximum atomic E-state index is 5.77. The molecule has 0 amide bonds. The molecule has 2 heteroatoms. The number of fused-ring (bicyclic) bond motifs is 1. The van der Waals surface area contributed by atoms with Crippen LogP contribution < -0.4 is 0 Å². The van der Waals surface area contributed by atoms with E-state index in [1.54, 1.807) is 0 Å². The lowest BCUT2D eigenvalue weighted by molar-refractivity contribution is 0.0818. The molecule has 1 aliphatic heterocycles. The van der Waals surface area contributed by atoms with Crippen LogP contribution >= 0.6 is 0 Å². The topological polar surface area (TPSA) is 9.23 Å². The Hall–Kier alpha value is -0.990. The second-order valence-electron chi connectivity index (χ2n) is 4.71. The molecule has 2 unspecified atom stereocenters. The Morgan fingerprint density at radius 2 is 2.00 bits per heavy atom. The molecule has 0 N–H and O–H groups in total. The summed E-state index contributed by atoms with van der Waals surface area (Å²) in [7, 11) is 0.378. The Morgan fingerprint density at radius 3 is 2.89 bits per heavy atom. The highest BCUT2D eigenvalue weighted by atomic mass is 32.2. The van der Waals surface area contributed by atoms with Gasteiger partial charge in [-0.25, -0.2) is 0 Å². The average Bonchev–Trinajstić information content (AvgIpc) is 2.87. The van der Waals surface area contributed by atoms with E-state index in [-0.39, 0.29) is 0 Å². The molecular formula is C16H19OS+. The van der Waals surface area contributed by atoms with Crippen LogP contribution in [0.3, 0.4) is 0 Å². The van der Waals surface area contributed by atoms with Crippen LogP contribution in [0.1, 0.15) is 13.3 Å². The lowest BCUT2D eigenvalue weighted by Gasteiger charge is -2.07. The van der Waals surface area contributed by atoms with E-state index in [9.17, 15) is 0 Å². The summed E-state index contributed by atoms with van der Waals surface area (Å²) in [5.41, 5.74) is 0. The second-order valence-corrected chi connectivity index (χ2v) is 6.87. The number of ether oxygens (including phenoxy) is 1. The molecule has 0 spiro atoms. The van der Waals surface area contributed by atoms with E-state index in [2.05, 4.69) is 49.4 Å². The van der Waals surface area contributed by atoms with Crippen molar-refractivity contribution >= 4 is 21.7 Å². The third-order valence-corrected chi connectivity index (χ3v) is 6.02. The fraction of sp³-hybridized carbons (Fsp3) is 0.375. The minimum absolute atomic E-state index is 0.378. The molecule has 2 atom stereocenters. The van der Waals surface area contributed by atoms with Crippen molar-refractivity contribution < 1.29 is 4.74 Å². The normalized spacial score (nSPS) is 23.6. The van der Waals surface area contributed by atoms with Gasteiger partial charge in [0, 0.05) is 29.3 Å². The highest BCUT2D eigenvalue weighted by Gasteiger charge is 2.35. The SMILES string of the molecule is CCOC1CC[S+](c2cccc3ccccc23)C1.